The summed E-state index contributed by atoms with van der Waals surface area (Å²) < 4.78 is 16.5. The molecule has 0 aromatic heterocycles. The third-order valence-corrected chi connectivity index (χ3v) is 4.65. The van der Waals surface area contributed by atoms with E-state index in [1.165, 1.54) is 0 Å². The fourth-order valence-corrected chi connectivity index (χ4v) is 3.22. The Kier molecular flexibility index (Phi) is 8.94. The highest BCUT2D eigenvalue weighted by atomic mass is 127. The number of piperidine rings is 1. The molecule has 2 aliphatic rings. The molecule has 9 heteroatoms. The summed E-state index contributed by atoms with van der Waals surface area (Å²) in [7, 11) is 0. The van der Waals surface area contributed by atoms with Crippen molar-refractivity contribution in [3.8, 4) is 11.5 Å². The molecule has 1 aromatic carbocycles. The summed E-state index contributed by atoms with van der Waals surface area (Å²) in [5.74, 6) is 1.92. The van der Waals surface area contributed by atoms with E-state index < -0.39 is 0 Å². The summed E-state index contributed by atoms with van der Waals surface area (Å²) in [6, 6.07) is 6.02. The average Bonchev–Trinajstić information content (AvgIpc) is 2.93. The van der Waals surface area contributed by atoms with Crippen LogP contribution in [-0.4, -0.2) is 55.9 Å². The van der Waals surface area contributed by atoms with Gasteiger partial charge >= 0.3 is 6.09 Å². The molecule has 1 saturated heterocycles. The molecule has 2 heterocycles. The number of benzene rings is 1. The van der Waals surface area contributed by atoms with Gasteiger partial charge in [0.2, 0.25) is 0 Å². The van der Waals surface area contributed by atoms with Crippen LogP contribution in [0.5, 0.6) is 11.5 Å². The Morgan fingerprint density at radius 3 is 2.82 bits per heavy atom. The highest BCUT2D eigenvalue weighted by Crippen LogP contribution is 2.33. The van der Waals surface area contributed by atoms with E-state index in [9.17, 15) is 4.79 Å². The first-order chi connectivity index (χ1) is 13.2. The molecule has 8 nitrogen and oxygen atoms in total. The molecule has 0 spiro atoms. The second kappa shape index (κ2) is 11.2. The van der Waals surface area contributed by atoms with Crippen LogP contribution in [0.1, 0.15) is 31.7 Å². The predicted octanol–water partition coefficient (Wildman–Crippen LogP) is 2.49. The molecule has 0 radical (unpaired) electrons. The van der Waals surface area contributed by atoms with Crippen molar-refractivity contribution in [3.05, 3.63) is 23.8 Å². The molecule has 28 heavy (non-hydrogen) atoms. The van der Waals surface area contributed by atoms with Gasteiger partial charge in [0, 0.05) is 31.1 Å². The number of nitrogens with two attached hydrogens (primary N) is 1. The fourth-order valence-electron chi connectivity index (χ4n) is 3.22. The van der Waals surface area contributed by atoms with E-state index in [4.69, 9.17) is 19.9 Å². The first-order valence-electron chi connectivity index (χ1n) is 9.53. The molecule has 3 rings (SSSR count). The van der Waals surface area contributed by atoms with Crippen LogP contribution in [0.25, 0.3) is 0 Å². The average molecular weight is 504 g/mol. The number of nitrogens with one attached hydrogen (secondary N) is 1. The highest BCUT2D eigenvalue weighted by molar-refractivity contribution is 14.0. The molecule has 1 fully saturated rings. The number of ether oxygens (including phenoxy) is 3. The quantitative estimate of drug-likeness (QED) is 0.372. The number of likely N-dealkylation sites (tertiary alicyclic amines) is 1. The number of fused-ring (bicyclic) bond motifs is 1. The van der Waals surface area contributed by atoms with Gasteiger partial charge in [0.15, 0.2) is 17.5 Å². The molecule has 3 N–H and O–H groups in total. The molecule has 1 amide bonds. The van der Waals surface area contributed by atoms with E-state index in [1.54, 1.807) is 4.90 Å². The van der Waals surface area contributed by atoms with Gasteiger partial charge in [0.1, 0.15) is 0 Å². The Bertz CT molecular complexity index is 678. The first-order valence-corrected chi connectivity index (χ1v) is 9.53. The normalized spacial score (nSPS) is 17.3. The number of carbonyl (C=O) groups excluding carboxylic acids is 1. The molecule has 0 bridgehead atoms. The SMILES string of the molecule is CCOC(=O)N1CCC(NC(N)=NCc2cccc3c2OCCCO3)CC1.I. The summed E-state index contributed by atoms with van der Waals surface area (Å²) in [4.78, 5) is 17.9. The second-order valence-electron chi connectivity index (χ2n) is 6.60. The smallest absolute Gasteiger partial charge is 0.409 e. The van der Waals surface area contributed by atoms with Gasteiger partial charge in [-0.2, -0.15) is 0 Å². The van der Waals surface area contributed by atoms with E-state index >= 15 is 0 Å². The van der Waals surface area contributed by atoms with E-state index in [2.05, 4.69) is 10.3 Å². The Balaban J connectivity index is 0.00000280. The number of aliphatic imine (C=N–C) groups is 1. The van der Waals surface area contributed by atoms with Crippen LogP contribution >= 0.6 is 24.0 Å². The summed E-state index contributed by atoms with van der Waals surface area (Å²) in [6.45, 7) is 5.24. The third-order valence-electron chi connectivity index (χ3n) is 4.65. The molecular formula is C19H29IN4O4. The minimum Gasteiger partial charge on any atom is -0.490 e. The van der Waals surface area contributed by atoms with E-state index in [-0.39, 0.29) is 36.1 Å². The number of nitrogens with zero attached hydrogens (tertiary/aromatic N) is 2. The van der Waals surface area contributed by atoms with Gasteiger partial charge in [-0.25, -0.2) is 9.79 Å². The molecule has 0 saturated carbocycles. The van der Waals surface area contributed by atoms with Gasteiger partial charge in [0.05, 0.1) is 26.4 Å². The van der Waals surface area contributed by atoms with Gasteiger partial charge in [0.25, 0.3) is 0 Å². The predicted molar refractivity (Wildman–Crippen MR) is 118 cm³/mol. The van der Waals surface area contributed by atoms with Crippen molar-refractivity contribution in [2.24, 2.45) is 10.7 Å². The van der Waals surface area contributed by atoms with Gasteiger partial charge in [-0.1, -0.05) is 12.1 Å². The van der Waals surface area contributed by atoms with Crippen molar-refractivity contribution in [1.82, 2.24) is 10.2 Å². The number of amides is 1. The lowest BCUT2D eigenvalue weighted by molar-refractivity contribution is 0.0963. The lowest BCUT2D eigenvalue weighted by Crippen LogP contribution is -2.48. The zero-order valence-electron chi connectivity index (χ0n) is 16.2. The Hall–Kier alpha value is -1.91. The number of halogens is 1. The van der Waals surface area contributed by atoms with E-state index in [0.717, 1.165) is 36.3 Å². The van der Waals surface area contributed by atoms with Crippen molar-refractivity contribution in [3.63, 3.8) is 0 Å². The number of hydrogen-bond donors (Lipinski definition) is 2. The van der Waals surface area contributed by atoms with E-state index in [1.807, 2.05) is 25.1 Å². The van der Waals surface area contributed by atoms with Crippen LogP contribution in [0.3, 0.4) is 0 Å². The monoisotopic (exact) mass is 504 g/mol. The zero-order valence-corrected chi connectivity index (χ0v) is 18.5. The maximum Gasteiger partial charge on any atom is 0.409 e. The number of guanidine groups is 1. The van der Waals surface area contributed by atoms with E-state index in [0.29, 0.717) is 45.4 Å². The molecule has 1 aromatic rings. The minimum absolute atomic E-state index is 0. The van der Waals surface area contributed by atoms with Crippen LogP contribution in [-0.2, 0) is 11.3 Å². The van der Waals surface area contributed by atoms with Crippen LogP contribution in [0.4, 0.5) is 4.79 Å². The Morgan fingerprint density at radius 2 is 2.07 bits per heavy atom. The highest BCUT2D eigenvalue weighted by Gasteiger charge is 2.23. The lowest BCUT2D eigenvalue weighted by Gasteiger charge is -2.31. The summed E-state index contributed by atoms with van der Waals surface area (Å²) in [6.07, 6.45) is 2.25. The summed E-state index contributed by atoms with van der Waals surface area (Å²) in [5, 5.41) is 3.25. The minimum atomic E-state index is -0.246. The van der Waals surface area contributed by atoms with Gasteiger partial charge in [-0.15, -0.1) is 24.0 Å². The first kappa shape index (κ1) is 22.4. The van der Waals surface area contributed by atoms with Crippen molar-refractivity contribution in [2.75, 3.05) is 32.9 Å². The Labute approximate surface area is 182 Å². The number of carbonyl (C=O) groups is 1. The summed E-state index contributed by atoms with van der Waals surface area (Å²) in [5.41, 5.74) is 7.02. The van der Waals surface area contributed by atoms with Crippen LogP contribution in [0, 0.1) is 0 Å². The van der Waals surface area contributed by atoms with Crippen LogP contribution in [0.2, 0.25) is 0 Å². The maximum absolute atomic E-state index is 11.7. The van der Waals surface area contributed by atoms with Crippen LogP contribution in [0.15, 0.2) is 23.2 Å². The number of hydrogen-bond acceptors (Lipinski definition) is 5. The lowest BCUT2D eigenvalue weighted by atomic mass is 10.1. The molecular weight excluding hydrogens is 475 g/mol. The second-order valence-corrected chi connectivity index (χ2v) is 6.60. The molecule has 0 unspecified atom stereocenters. The molecule has 2 aliphatic heterocycles. The molecule has 0 atom stereocenters. The van der Waals surface area contributed by atoms with Crippen molar-refractivity contribution in [2.45, 2.75) is 38.8 Å². The fraction of sp³-hybridized carbons (Fsp3) is 0.579. The van der Waals surface area contributed by atoms with Gasteiger partial charge in [-0.3, -0.25) is 0 Å². The summed E-state index contributed by atoms with van der Waals surface area (Å²) >= 11 is 0. The topological polar surface area (TPSA) is 98.4 Å². The van der Waals surface area contributed by atoms with Gasteiger partial charge in [-0.05, 0) is 25.8 Å². The molecule has 0 aliphatic carbocycles. The van der Waals surface area contributed by atoms with Crippen LogP contribution < -0.4 is 20.5 Å². The largest absolute Gasteiger partial charge is 0.490 e. The zero-order chi connectivity index (χ0) is 19.1. The van der Waals surface area contributed by atoms with Crippen molar-refractivity contribution in [1.29, 1.82) is 0 Å². The number of rotatable bonds is 4. The van der Waals surface area contributed by atoms with Gasteiger partial charge < -0.3 is 30.2 Å². The maximum atomic E-state index is 11.7. The third kappa shape index (κ3) is 6.05. The van der Waals surface area contributed by atoms with Crippen molar-refractivity contribution < 1.29 is 19.0 Å². The molecule has 156 valence electrons. The van der Waals surface area contributed by atoms with Crippen molar-refractivity contribution >= 4 is 36.0 Å². The standard InChI is InChI=1S/C19H28N4O4.HI/c1-2-25-19(24)23-9-7-15(8-10-23)22-18(20)21-13-14-5-3-6-16-17(14)27-12-4-11-26-16;/h3,5-6,15H,2,4,7-13H2,1H3,(H3,20,21,22);1H. The Morgan fingerprint density at radius 1 is 1.32 bits per heavy atom. The number of para-hydroxylation sites is 1.